The summed E-state index contributed by atoms with van der Waals surface area (Å²) in [5.74, 6) is -6.78. The van der Waals surface area contributed by atoms with E-state index < -0.39 is 36.8 Å². The minimum Gasteiger partial charge on any atom is -0.484 e. The lowest BCUT2D eigenvalue weighted by Gasteiger charge is -2.37. The maximum atomic E-state index is 14.3. The van der Waals surface area contributed by atoms with Crippen LogP contribution in [0.25, 0.3) is 0 Å². The first-order valence-corrected chi connectivity index (χ1v) is 9.20. The molecule has 10 heteroatoms. The molecule has 166 valence electrons. The average molecular weight is 442 g/mol. The zero-order chi connectivity index (χ0) is 23.0. The Morgan fingerprint density at radius 1 is 1.10 bits per heavy atom. The van der Waals surface area contributed by atoms with Crippen molar-refractivity contribution in [3.8, 4) is 5.75 Å². The molecule has 5 nitrogen and oxygen atoms in total. The van der Waals surface area contributed by atoms with Crippen LogP contribution in [0.2, 0.25) is 0 Å². The summed E-state index contributed by atoms with van der Waals surface area (Å²) >= 11 is 0. The average Bonchev–Trinajstić information content (AvgIpc) is 3.08. The number of ether oxygens (including phenoxy) is 1. The highest BCUT2D eigenvalue weighted by molar-refractivity contribution is 6.03. The lowest BCUT2D eigenvalue weighted by molar-refractivity contribution is -0.363. The number of aliphatic hydroxyl groups is 1. The standard InChI is InChI=1S/C21H19F5N2O3/c1-13-8-9-16(10-14(13)2)31-12-18(29)28-19(30,20(22,23)21(24,25)26)11-17(27-28)15-6-4-3-5-7-15/h3-10,30H,11-12H2,1-2H3/t19-/m1/s1. The molecule has 2 aromatic rings. The number of carbonyl (C=O) groups excluding carboxylic acids is 1. The summed E-state index contributed by atoms with van der Waals surface area (Å²) in [6.45, 7) is 2.72. The Morgan fingerprint density at radius 3 is 2.32 bits per heavy atom. The molecule has 0 bridgehead atoms. The van der Waals surface area contributed by atoms with E-state index in [1.54, 1.807) is 25.1 Å². The fourth-order valence-electron chi connectivity index (χ4n) is 3.08. The van der Waals surface area contributed by atoms with Crippen LogP contribution in [-0.4, -0.2) is 46.2 Å². The lowest BCUT2D eigenvalue weighted by atomic mass is 9.95. The van der Waals surface area contributed by atoms with E-state index >= 15 is 0 Å². The van der Waals surface area contributed by atoms with Crippen LogP contribution in [0.1, 0.15) is 23.1 Å². The Labute approximate surface area is 174 Å². The number of aryl methyl sites for hydroxylation is 2. The SMILES string of the molecule is Cc1ccc(OCC(=O)N2N=C(c3ccccc3)C[C@@]2(O)C(F)(F)C(F)(F)F)cc1C. The number of hydrogen-bond donors (Lipinski definition) is 1. The number of hydrazone groups is 1. The van der Waals surface area contributed by atoms with Crippen LogP contribution in [0.3, 0.4) is 0 Å². The Bertz CT molecular complexity index is 1010. The highest BCUT2D eigenvalue weighted by Crippen LogP contribution is 2.49. The van der Waals surface area contributed by atoms with Crippen LogP contribution in [0.5, 0.6) is 5.75 Å². The molecule has 1 heterocycles. The Balaban J connectivity index is 1.92. The van der Waals surface area contributed by atoms with Gasteiger partial charge in [0.25, 0.3) is 5.91 Å². The summed E-state index contributed by atoms with van der Waals surface area (Å²) in [4.78, 5) is 12.6. The fourth-order valence-corrected chi connectivity index (χ4v) is 3.08. The van der Waals surface area contributed by atoms with Crippen molar-refractivity contribution in [3.05, 3.63) is 65.2 Å². The van der Waals surface area contributed by atoms with Gasteiger partial charge in [0.2, 0.25) is 5.72 Å². The van der Waals surface area contributed by atoms with Crippen LogP contribution in [0, 0.1) is 13.8 Å². The Hall–Kier alpha value is -3.01. The maximum absolute atomic E-state index is 14.3. The Kier molecular flexibility index (Phi) is 5.79. The van der Waals surface area contributed by atoms with Crippen molar-refractivity contribution in [2.24, 2.45) is 5.10 Å². The minimum atomic E-state index is -6.11. The van der Waals surface area contributed by atoms with E-state index in [1.807, 2.05) is 6.92 Å². The molecule has 0 fully saturated rings. The second kappa shape index (κ2) is 7.92. The summed E-state index contributed by atoms with van der Waals surface area (Å²) in [5.41, 5.74) is -2.25. The van der Waals surface area contributed by atoms with Gasteiger partial charge in [0.05, 0.1) is 5.71 Å². The molecule has 31 heavy (non-hydrogen) atoms. The van der Waals surface area contributed by atoms with Crippen molar-refractivity contribution in [2.45, 2.75) is 38.1 Å². The van der Waals surface area contributed by atoms with Gasteiger partial charge in [0, 0.05) is 6.42 Å². The summed E-state index contributed by atoms with van der Waals surface area (Å²) < 4.78 is 73.1. The quantitative estimate of drug-likeness (QED) is 0.706. The van der Waals surface area contributed by atoms with Gasteiger partial charge < -0.3 is 9.84 Å². The summed E-state index contributed by atoms with van der Waals surface area (Å²) in [5, 5.41) is 13.9. The van der Waals surface area contributed by atoms with Crippen molar-refractivity contribution >= 4 is 11.6 Å². The van der Waals surface area contributed by atoms with Crippen LogP contribution in [0.4, 0.5) is 22.0 Å². The van der Waals surface area contributed by atoms with Gasteiger partial charge >= 0.3 is 12.1 Å². The normalized spacial score (nSPS) is 19.4. The Morgan fingerprint density at radius 2 is 1.74 bits per heavy atom. The smallest absolute Gasteiger partial charge is 0.458 e. The molecule has 1 atom stereocenters. The van der Waals surface area contributed by atoms with Gasteiger partial charge in [0.1, 0.15) is 5.75 Å². The molecule has 0 aliphatic carbocycles. The predicted octanol–water partition coefficient (Wildman–Crippen LogP) is 4.21. The summed E-state index contributed by atoms with van der Waals surface area (Å²) in [7, 11) is 0. The van der Waals surface area contributed by atoms with Gasteiger partial charge in [-0.05, 0) is 42.7 Å². The first-order chi connectivity index (χ1) is 14.4. The molecule has 1 N–H and O–H groups in total. The molecule has 1 amide bonds. The molecule has 1 aliphatic heterocycles. The first-order valence-electron chi connectivity index (χ1n) is 9.20. The molecule has 3 rings (SSSR count). The van der Waals surface area contributed by atoms with Gasteiger partial charge in [-0.25, -0.2) is 0 Å². The van der Waals surface area contributed by atoms with E-state index in [1.165, 1.54) is 30.3 Å². The largest absolute Gasteiger partial charge is 0.484 e. The van der Waals surface area contributed by atoms with Gasteiger partial charge in [0.15, 0.2) is 6.61 Å². The van der Waals surface area contributed by atoms with E-state index in [0.29, 0.717) is 0 Å². The van der Waals surface area contributed by atoms with Crippen LogP contribution in [-0.2, 0) is 4.79 Å². The molecule has 0 aromatic heterocycles. The van der Waals surface area contributed by atoms with Crippen molar-refractivity contribution in [2.75, 3.05) is 6.61 Å². The van der Waals surface area contributed by atoms with E-state index in [2.05, 4.69) is 5.10 Å². The number of hydrogen-bond acceptors (Lipinski definition) is 4. The number of halogens is 5. The summed E-state index contributed by atoms with van der Waals surface area (Å²) in [6.07, 6.45) is -7.32. The third-order valence-corrected chi connectivity index (χ3v) is 5.03. The molecule has 0 radical (unpaired) electrons. The third kappa shape index (κ3) is 4.12. The van der Waals surface area contributed by atoms with Crippen molar-refractivity contribution < 1.29 is 36.6 Å². The molecule has 0 spiro atoms. The fraction of sp³-hybridized carbons (Fsp3) is 0.333. The van der Waals surface area contributed by atoms with Gasteiger partial charge in [-0.3, -0.25) is 4.79 Å². The van der Waals surface area contributed by atoms with E-state index in [4.69, 9.17) is 4.74 Å². The number of alkyl halides is 5. The molecule has 0 saturated carbocycles. The van der Waals surface area contributed by atoms with Gasteiger partial charge in [-0.15, -0.1) is 0 Å². The number of amides is 1. The number of nitrogens with zero attached hydrogens (tertiary/aromatic N) is 2. The highest BCUT2D eigenvalue weighted by Gasteiger charge is 2.75. The topological polar surface area (TPSA) is 62.1 Å². The van der Waals surface area contributed by atoms with E-state index in [-0.39, 0.29) is 22.0 Å². The second-order valence-electron chi connectivity index (χ2n) is 7.22. The maximum Gasteiger partial charge on any atom is 0.458 e. The minimum absolute atomic E-state index is 0.198. The molecule has 2 aromatic carbocycles. The molecule has 0 saturated heterocycles. The highest BCUT2D eigenvalue weighted by atomic mass is 19.4. The lowest BCUT2D eigenvalue weighted by Crippen LogP contribution is -2.65. The molecular formula is C21H19F5N2O3. The van der Waals surface area contributed by atoms with Crippen molar-refractivity contribution in [3.63, 3.8) is 0 Å². The van der Waals surface area contributed by atoms with Crippen LogP contribution in [0.15, 0.2) is 53.6 Å². The number of rotatable bonds is 5. The second-order valence-corrected chi connectivity index (χ2v) is 7.22. The molecule has 1 aliphatic rings. The molecule has 0 unspecified atom stereocenters. The number of carbonyl (C=O) groups is 1. The predicted molar refractivity (Wildman–Crippen MR) is 102 cm³/mol. The molecular weight excluding hydrogens is 423 g/mol. The zero-order valence-corrected chi connectivity index (χ0v) is 16.6. The summed E-state index contributed by atoms with van der Waals surface area (Å²) in [6, 6.07) is 12.3. The van der Waals surface area contributed by atoms with Gasteiger partial charge in [-0.1, -0.05) is 36.4 Å². The van der Waals surface area contributed by atoms with E-state index in [0.717, 1.165) is 11.1 Å². The van der Waals surface area contributed by atoms with E-state index in [9.17, 15) is 31.9 Å². The zero-order valence-electron chi connectivity index (χ0n) is 16.6. The van der Waals surface area contributed by atoms with Crippen molar-refractivity contribution in [1.29, 1.82) is 0 Å². The van der Waals surface area contributed by atoms with Gasteiger partial charge in [-0.2, -0.15) is 32.1 Å². The third-order valence-electron chi connectivity index (χ3n) is 5.03. The van der Waals surface area contributed by atoms with Crippen molar-refractivity contribution in [1.82, 2.24) is 5.01 Å². The van der Waals surface area contributed by atoms with Crippen LogP contribution >= 0.6 is 0 Å². The monoisotopic (exact) mass is 442 g/mol. The first kappa shape index (κ1) is 22.7. The number of benzene rings is 2. The van der Waals surface area contributed by atoms with Crippen LogP contribution < -0.4 is 4.74 Å².